The van der Waals surface area contributed by atoms with Gasteiger partial charge in [0.25, 0.3) is 5.91 Å². The monoisotopic (exact) mass is 291 g/mol. The van der Waals surface area contributed by atoms with E-state index in [-0.39, 0.29) is 28.4 Å². The summed E-state index contributed by atoms with van der Waals surface area (Å²) in [6, 6.07) is 2.75. The van der Waals surface area contributed by atoms with Gasteiger partial charge in [0.1, 0.15) is 5.03 Å². The molecule has 2 rings (SSSR count). The minimum absolute atomic E-state index is 0.0447. The van der Waals surface area contributed by atoms with Gasteiger partial charge in [-0.25, -0.2) is 4.98 Å². The van der Waals surface area contributed by atoms with E-state index in [0.29, 0.717) is 6.54 Å². The van der Waals surface area contributed by atoms with Gasteiger partial charge in [-0.1, -0.05) is 0 Å². The zero-order chi connectivity index (χ0) is 13.9. The molecule has 4 nitrogen and oxygen atoms in total. The van der Waals surface area contributed by atoms with Gasteiger partial charge < -0.3 is 10.6 Å². The molecule has 0 bridgehead atoms. The molecule has 0 radical (unpaired) electrons. The number of carbonyl (C=O) groups excluding carboxylic acids is 1. The molecule has 0 saturated carbocycles. The molecule has 1 aliphatic heterocycles. The first-order chi connectivity index (χ1) is 8.96. The number of halogens is 3. The second-order valence-corrected chi connectivity index (χ2v) is 5.12. The van der Waals surface area contributed by atoms with Gasteiger partial charge in [0, 0.05) is 30.5 Å². The Bertz CT molecular complexity index is 461. The van der Waals surface area contributed by atoms with Crippen LogP contribution in [0.1, 0.15) is 16.8 Å². The molecule has 2 N–H and O–H groups in total. The van der Waals surface area contributed by atoms with Crippen molar-refractivity contribution in [2.75, 3.05) is 13.1 Å². The number of carbonyl (C=O) groups is 1. The molecular formula is C11H12F3N3OS. The van der Waals surface area contributed by atoms with Gasteiger partial charge in [0.05, 0.1) is 5.56 Å². The molecule has 8 heteroatoms. The maximum atomic E-state index is 12.4. The molecule has 1 amide bonds. The Hall–Kier alpha value is -1.28. The van der Waals surface area contributed by atoms with Gasteiger partial charge in [-0.2, -0.15) is 13.2 Å². The summed E-state index contributed by atoms with van der Waals surface area (Å²) in [7, 11) is 0. The van der Waals surface area contributed by atoms with Gasteiger partial charge in [-0.15, -0.1) is 0 Å². The molecule has 1 atom stereocenters. The number of nitrogens with zero attached hydrogens (tertiary/aromatic N) is 1. The van der Waals surface area contributed by atoms with Crippen molar-refractivity contribution in [1.82, 2.24) is 15.6 Å². The maximum Gasteiger partial charge on any atom is 0.447 e. The molecule has 1 aromatic heterocycles. The predicted molar refractivity (Wildman–Crippen MR) is 64.9 cm³/mol. The van der Waals surface area contributed by atoms with Crippen LogP contribution in [-0.2, 0) is 0 Å². The van der Waals surface area contributed by atoms with Crippen molar-refractivity contribution in [1.29, 1.82) is 0 Å². The standard InChI is InChI=1S/C11H12F3N3OS/c12-11(13,14)19-10-8(2-1-4-16-10)9(18)17-7-3-5-15-6-7/h1-2,4,7,15H,3,5-6H2,(H,17,18). The largest absolute Gasteiger partial charge is 0.447 e. The molecular weight excluding hydrogens is 279 g/mol. The summed E-state index contributed by atoms with van der Waals surface area (Å²) in [5.41, 5.74) is -4.50. The summed E-state index contributed by atoms with van der Waals surface area (Å²) in [5, 5.41) is 5.44. The van der Waals surface area contributed by atoms with Crippen molar-refractivity contribution < 1.29 is 18.0 Å². The number of aromatic nitrogens is 1. The van der Waals surface area contributed by atoms with Crippen molar-refractivity contribution in [3.05, 3.63) is 23.9 Å². The predicted octanol–water partition coefficient (Wildman–Crippen LogP) is 1.79. The summed E-state index contributed by atoms with van der Waals surface area (Å²) < 4.78 is 37.1. The summed E-state index contributed by atoms with van der Waals surface area (Å²) in [5.74, 6) is -0.520. The molecule has 1 aromatic rings. The van der Waals surface area contributed by atoms with E-state index >= 15 is 0 Å². The minimum Gasteiger partial charge on any atom is -0.348 e. The average Bonchev–Trinajstić information content (AvgIpc) is 2.80. The topological polar surface area (TPSA) is 54.0 Å². The van der Waals surface area contributed by atoms with Crippen LogP contribution in [0.15, 0.2) is 23.4 Å². The third kappa shape index (κ3) is 4.10. The quantitative estimate of drug-likeness (QED) is 0.834. The number of alkyl halides is 3. The van der Waals surface area contributed by atoms with E-state index in [1.54, 1.807) is 0 Å². The third-order valence-corrected chi connectivity index (χ3v) is 3.37. The number of nitrogens with one attached hydrogen (secondary N) is 2. The molecule has 0 spiro atoms. The van der Waals surface area contributed by atoms with Crippen LogP contribution < -0.4 is 10.6 Å². The molecule has 1 saturated heterocycles. The number of hydrogen-bond donors (Lipinski definition) is 2. The Morgan fingerprint density at radius 1 is 1.53 bits per heavy atom. The smallest absolute Gasteiger partial charge is 0.348 e. The van der Waals surface area contributed by atoms with Crippen molar-refractivity contribution in [2.24, 2.45) is 0 Å². The summed E-state index contributed by atoms with van der Waals surface area (Å²) >= 11 is -0.374. The highest BCUT2D eigenvalue weighted by Crippen LogP contribution is 2.37. The van der Waals surface area contributed by atoms with Crippen molar-refractivity contribution in [3.63, 3.8) is 0 Å². The average molecular weight is 291 g/mol. The molecule has 0 aliphatic carbocycles. The number of pyridine rings is 1. The first-order valence-corrected chi connectivity index (χ1v) is 6.50. The first-order valence-electron chi connectivity index (χ1n) is 5.68. The van der Waals surface area contributed by atoms with Crippen molar-refractivity contribution >= 4 is 17.7 Å². The SMILES string of the molecule is O=C(NC1CCNC1)c1cccnc1SC(F)(F)F. The van der Waals surface area contributed by atoms with E-state index in [0.717, 1.165) is 13.0 Å². The zero-order valence-electron chi connectivity index (χ0n) is 9.83. The molecule has 1 fully saturated rings. The lowest BCUT2D eigenvalue weighted by Crippen LogP contribution is -2.36. The molecule has 1 unspecified atom stereocenters. The number of amides is 1. The number of rotatable bonds is 3. The van der Waals surface area contributed by atoms with Crippen LogP contribution in [0.2, 0.25) is 0 Å². The number of thioether (sulfide) groups is 1. The Labute approximate surface area is 112 Å². The van der Waals surface area contributed by atoms with Crippen LogP contribution >= 0.6 is 11.8 Å². The fourth-order valence-corrected chi connectivity index (χ4v) is 2.40. The van der Waals surface area contributed by atoms with Crippen LogP contribution in [0.4, 0.5) is 13.2 Å². The summed E-state index contributed by atoms with van der Waals surface area (Å²) in [6.07, 6.45) is 2.01. The van der Waals surface area contributed by atoms with Gasteiger partial charge in [-0.3, -0.25) is 4.79 Å². The van der Waals surface area contributed by atoms with Gasteiger partial charge >= 0.3 is 5.51 Å². The fourth-order valence-electron chi connectivity index (χ4n) is 1.80. The molecule has 19 heavy (non-hydrogen) atoms. The third-order valence-electron chi connectivity index (χ3n) is 2.62. The van der Waals surface area contributed by atoms with E-state index in [1.807, 2.05) is 0 Å². The van der Waals surface area contributed by atoms with E-state index < -0.39 is 11.4 Å². The molecule has 104 valence electrons. The maximum absolute atomic E-state index is 12.4. The van der Waals surface area contributed by atoms with Crippen LogP contribution in [-0.4, -0.2) is 35.5 Å². The summed E-state index contributed by atoms with van der Waals surface area (Å²) in [6.45, 7) is 1.43. The second-order valence-electron chi connectivity index (χ2n) is 4.07. The van der Waals surface area contributed by atoms with Crippen LogP contribution in [0.5, 0.6) is 0 Å². The fraction of sp³-hybridized carbons (Fsp3) is 0.455. The highest BCUT2D eigenvalue weighted by atomic mass is 32.2. The van der Waals surface area contributed by atoms with E-state index in [4.69, 9.17) is 0 Å². The lowest BCUT2D eigenvalue weighted by Gasteiger charge is -2.13. The molecule has 1 aliphatic rings. The van der Waals surface area contributed by atoms with Gasteiger partial charge in [0.15, 0.2) is 0 Å². The van der Waals surface area contributed by atoms with Crippen LogP contribution in [0.25, 0.3) is 0 Å². The first kappa shape index (κ1) is 14.1. The Balaban J connectivity index is 2.11. The zero-order valence-corrected chi connectivity index (χ0v) is 10.6. The van der Waals surface area contributed by atoms with Crippen LogP contribution in [0.3, 0.4) is 0 Å². The highest BCUT2D eigenvalue weighted by molar-refractivity contribution is 8.00. The molecule has 0 aromatic carbocycles. The minimum atomic E-state index is -4.46. The van der Waals surface area contributed by atoms with E-state index in [2.05, 4.69) is 15.6 Å². The van der Waals surface area contributed by atoms with Crippen molar-refractivity contribution in [3.8, 4) is 0 Å². The Morgan fingerprint density at radius 2 is 2.32 bits per heavy atom. The van der Waals surface area contributed by atoms with Crippen molar-refractivity contribution in [2.45, 2.75) is 23.0 Å². The highest BCUT2D eigenvalue weighted by Gasteiger charge is 2.32. The normalized spacial score (nSPS) is 19.4. The van der Waals surface area contributed by atoms with Crippen LogP contribution in [0, 0.1) is 0 Å². The molecule has 2 heterocycles. The summed E-state index contributed by atoms with van der Waals surface area (Å²) in [4.78, 5) is 15.6. The van der Waals surface area contributed by atoms with E-state index in [1.165, 1.54) is 18.3 Å². The lowest BCUT2D eigenvalue weighted by molar-refractivity contribution is -0.0329. The Kier molecular flexibility index (Phi) is 4.31. The Morgan fingerprint density at radius 3 is 2.95 bits per heavy atom. The number of hydrogen-bond acceptors (Lipinski definition) is 4. The van der Waals surface area contributed by atoms with Gasteiger partial charge in [-0.05, 0) is 25.1 Å². The van der Waals surface area contributed by atoms with Gasteiger partial charge in [0.2, 0.25) is 0 Å². The lowest BCUT2D eigenvalue weighted by atomic mass is 10.2. The van der Waals surface area contributed by atoms with E-state index in [9.17, 15) is 18.0 Å². The second kappa shape index (κ2) is 5.79.